The second-order valence-corrected chi connectivity index (χ2v) is 15.0. The van der Waals surface area contributed by atoms with Gasteiger partial charge in [0.25, 0.3) is 29.3 Å². The van der Waals surface area contributed by atoms with E-state index in [2.05, 4.69) is 26.6 Å². The Bertz CT molecular complexity index is 2710. The Kier molecular flexibility index (Phi) is 15.9. The van der Waals surface area contributed by atoms with Gasteiger partial charge in [0.2, 0.25) is 11.8 Å². The van der Waals surface area contributed by atoms with E-state index in [0.29, 0.717) is 0 Å². The summed E-state index contributed by atoms with van der Waals surface area (Å²) in [5.41, 5.74) is 5.77. The number of phenolic OH excluding ortho intramolecular Hbond substituents is 1. The summed E-state index contributed by atoms with van der Waals surface area (Å²) < 4.78 is 16.7. The second kappa shape index (κ2) is 21.7. The van der Waals surface area contributed by atoms with Gasteiger partial charge in [-0.1, -0.05) is 0 Å². The first-order valence-electron chi connectivity index (χ1n) is 20.1. The topological polar surface area (TPSA) is 317 Å². The molecule has 0 spiro atoms. The summed E-state index contributed by atoms with van der Waals surface area (Å²) in [5.74, 6) is -6.81. The van der Waals surface area contributed by atoms with E-state index < -0.39 is 70.3 Å². The molecule has 5 rings (SSSR count). The van der Waals surface area contributed by atoms with Crippen LogP contribution in [-0.2, 0) is 14.3 Å². The Balaban J connectivity index is 1.27. The van der Waals surface area contributed by atoms with Gasteiger partial charge >= 0.3 is 5.97 Å². The van der Waals surface area contributed by atoms with Gasteiger partial charge < -0.3 is 56.7 Å². The number of nitrogens with two attached hydrogens (primary N) is 1. The van der Waals surface area contributed by atoms with Crippen molar-refractivity contribution in [2.45, 2.75) is 52.0 Å². The summed E-state index contributed by atoms with van der Waals surface area (Å²) in [7, 11) is 1.11. The van der Waals surface area contributed by atoms with Gasteiger partial charge in [0, 0.05) is 47.3 Å². The van der Waals surface area contributed by atoms with Gasteiger partial charge in [0.1, 0.15) is 11.8 Å². The maximum Gasteiger partial charge on any atom is 0.335 e. The van der Waals surface area contributed by atoms with Gasteiger partial charge in [0.15, 0.2) is 17.6 Å². The quantitative estimate of drug-likeness (QED) is 0.0371. The van der Waals surface area contributed by atoms with Crippen molar-refractivity contribution in [1.82, 2.24) is 5.32 Å². The van der Waals surface area contributed by atoms with Crippen LogP contribution in [0.4, 0.5) is 28.4 Å². The molecule has 2 atom stereocenters. The number of carbonyl (C=O) groups excluding carboxylic acids is 6. The average Bonchev–Trinajstić information content (AvgIpc) is 3.28. The molecule has 0 aliphatic carbocycles. The van der Waals surface area contributed by atoms with Gasteiger partial charge in [0.05, 0.1) is 39.6 Å². The summed E-state index contributed by atoms with van der Waals surface area (Å²) in [6.45, 7) is 6.76. The molecule has 5 aromatic rings. The maximum atomic E-state index is 13.6. The molecule has 0 aromatic heterocycles. The van der Waals surface area contributed by atoms with Crippen LogP contribution in [0.3, 0.4) is 0 Å². The number of hydrogen-bond acceptors (Lipinski definition) is 13. The van der Waals surface area contributed by atoms with E-state index in [1.165, 1.54) is 103 Å². The zero-order valence-corrected chi connectivity index (χ0v) is 36.4. The number of nitro benzene ring substituents is 1. The lowest BCUT2D eigenvalue weighted by Gasteiger charge is -2.24. The summed E-state index contributed by atoms with van der Waals surface area (Å²) >= 11 is 0. The molecule has 0 aliphatic heterocycles. The Labute approximate surface area is 381 Å². The highest BCUT2D eigenvalue weighted by Gasteiger charge is 2.35. The van der Waals surface area contributed by atoms with Gasteiger partial charge in [-0.2, -0.15) is 0 Å². The smallest absolute Gasteiger partial charge is 0.335 e. The first-order valence-corrected chi connectivity index (χ1v) is 20.1. The number of non-ortho nitro benzene ring substituents is 1. The first kappa shape index (κ1) is 49.2. The van der Waals surface area contributed by atoms with Crippen LogP contribution in [0, 0.1) is 10.1 Å². The minimum atomic E-state index is -1.66. The molecule has 6 amide bonds. The number of rotatable bonds is 19. The standard InChI is InChI=1S/C46H45N7O14/c1-23(2)66-35-22-28(46(61)62)12-20-33(35)50-44(59)32-19-21-34(38(37(32)54)67-24(3)4)51-42(57)25-6-15-30(16-7-25)49-45(60)36(39(65-5)40(47)55)52-43(58)26-8-13-29(14-9-26)48-41(56)27-10-17-31(18-11-27)53(63)64/h6-24,36,39,54H,1-5H3,(H2,47,55)(H,48,56)(H,49,60)(H,50,59)(H,51,57)(H,52,58)(H,61,62)/t36-,39-/m0/s1. The zero-order chi connectivity index (χ0) is 49.1. The van der Waals surface area contributed by atoms with E-state index in [9.17, 15) is 53.9 Å². The predicted molar refractivity (Wildman–Crippen MR) is 243 cm³/mol. The Hall–Kier alpha value is -8.85. The van der Waals surface area contributed by atoms with Crippen LogP contribution in [0.25, 0.3) is 0 Å². The fraction of sp³-hybridized carbons (Fsp3) is 0.196. The molecule has 0 radical (unpaired) electrons. The summed E-state index contributed by atoms with van der Waals surface area (Å²) in [5, 5.41) is 44.5. The van der Waals surface area contributed by atoms with E-state index in [1.54, 1.807) is 27.7 Å². The molecule has 21 heteroatoms. The van der Waals surface area contributed by atoms with Crippen molar-refractivity contribution in [3.8, 4) is 17.2 Å². The number of carboxylic acids is 1. The lowest BCUT2D eigenvalue weighted by molar-refractivity contribution is -0.384. The van der Waals surface area contributed by atoms with E-state index in [-0.39, 0.29) is 73.9 Å². The van der Waals surface area contributed by atoms with Crippen molar-refractivity contribution >= 4 is 69.8 Å². The molecule has 0 saturated carbocycles. The van der Waals surface area contributed by atoms with Crippen LogP contribution in [0.1, 0.15) is 79.5 Å². The van der Waals surface area contributed by atoms with Crippen molar-refractivity contribution in [2.24, 2.45) is 5.73 Å². The normalized spacial score (nSPS) is 11.7. The summed E-state index contributed by atoms with van der Waals surface area (Å²) in [6.07, 6.45) is -2.53. The number of benzene rings is 5. The molecule has 0 unspecified atom stereocenters. The van der Waals surface area contributed by atoms with Crippen molar-refractivity contribution in [3.63, 3.8) is 0 Å². The third-order valence-corrected chi connectivity index (χ3v) is 9.38. The first-order chi connectivity index (χ1) is 31.8. The fourth-order valence-electron chi connectivity index (χ4n) is 6.19. The van der Waals surface area contributed by atoms with Crippen molar-refractivity contribution in [1.29, 1.82) is 0 Å². The largest absolute Gasteiger partial charge is 0.504 e. The SMILES string of the molecule is CO[C@H](C(N)=O)[C@H](NC(=O)c1ccc(NC(=O)c2ccc([N+](=O)[O-])cc2)cc1)C(=O)Nc1ccc(C(=O)Nc2ccc(C(=O)Nc3ccc(C(=O)O)cc3OC(C)C)c(O)c2OC(C)C)cc1. The molecular formula is C46H45N7O14. The third-order valence-electron chi connectivity index (χ3n) is 9.38. The molecule has 21 nitrogen and oxygen atoms in total. The molecule has 348 valence electrons. The van der Waals surface area contributed by atoms with Gasteiger partial charge in [-0.3, -0.25) is 38.9 Å². The Morgan fingerprint density at radius 2 is 1.12 bits per heavy atom. The number of methoxy groups -OCH3 is 1. The number of carbonyl (C=O) groups is 7. The second-order valence-electron chi connectivity index (χ2n) is 15.0. The lowest BCUT2D eigenvalue weighted by Crippen LogP contribution is -2.56. The van der Waals surface area contributed by atoms with Gasteiger partial charge in [-0.05, 0) is 119 Å². The molecule has 0 heterocycles. The highest BCUT2D eigenvalue weighted by molar-refractivity contribution is 6.10. The van der Waals surface area contributed by atoms with Gasteiger partial charge in [-0.25, -0.2) is 4.79 Å². The number of amides is 6. The van der Waals surface area contributed by atoms with Crippen molar-refractivity contribution < 1.29 is 62.9 Å². The molecule has 67 heavy (non-hydrogen) atoms. The third kappa shape index (κ3) is 12.7. The molecule has 5 aromatic carbocycles. The maximum absolute atomic E-state index is 13.6. The molecule has 9 N–H and O–H groups in total. The number of aromatic carboxylic acids is 1. The number of hydrogen-bond donors (Lipinski definition) is 8. The monoisotopic (exact) mass is 919 g/mol. The van der Waals surface area contributed by atoms with Crippen molar-refractivity contribution in [3.05, 3.63) is 141 Å². The number of ether oxygens (including phenoxy) is 3. The number of carboxylic acid groups (broad SMARTS) is 1. The minimum Gasteiger partial charge on any atom is -0.504 e. The predicted octanol–water partition coefficient (Wildman–Crippen LogP) is 5.57. The van der Waals surface area contributed by atoms with Crippen LogP contribution in [0.2, 0.25) is 0 Å². The Morgan fingerprint density at radius 1 is 0.627 bits per heavy atom. The number of primary amides is 1. The van der Waals surface area contributed by atoms with E-state index in [0.717, 1.165) is 7.11 Å². The van der Waals surface area contributed by atoms with Crippen LogP contribution in [0.5, 0.6) is 17.2 Å². The highest BCUT2D eigenvalue weighted by Crippen LogP contribution is 2.39. The van der Waals surface area contributed by atoms with Gasteiger partial charge in [-0.15, -0.1) is 0 Å². The number of aromatic hydroxyl groups is 1. The van der Waals surface area contributed by atoms with Crippen LogP contribution in [0.15, 0.2) is 103 Å². The van der Waals surface area contributed by atoms with E-state index >= 15 is 0 Å². The molecule has 0 aliphatic rings. The number of nitro groups is 1. The lowest BCUT2D eigenvalue weighted by atomic mass is 10.1. The minimum absolute atomic E-state index is 0.00273. The highest BCUT2D eigenvalue weighted by atomic mass is 16.6. The zero-order valence-electron chi connectivity index (χ0n) is 36.4. The van der Waals surface area contributed by atoms with E-state index in [1.807, 2.05) is 0 Å². The molecule has 0 fully saturated rings. The van der Waals surface area contributed by atoms with Crippen LogP contribution in [-0.4, -0.2) is 88.0 Å². The van der Waals surface area contributed by atoms with E-state index in [4.69, 9.17) is 19.9 Å². The van der Waals surface area contributed by atoms with Crippen LogP contribution >= 0.6 is 0 Å². The average molecular weight is 920 g/mol. The molecular weight excluding hydrogens is 875 g/mol. The van der Waals surface area contributed by atoms with Crippen LogP contribution < -0.4 is 41.8 Å². The molecule has 0 bridgehead atoms. The Morgan fingerprint density at radius 3 is 1.64 bits per heavy atom. The number of nitrogens with zero attached hydrogens (tertiary/aromatic N) is 1. The number of anilines is 4. The molecule has 0 saturated heterocycles. The summed E-state index contributed by atoms with van der Waals surface area (Å²) in [4.78, 5) is 101. The number of phenols is 1. The van der Waals surface area contributed by atoms with Crippen molar-refractivity contribution in [2.75, 3.05) is 28.4 Å². The summed E-state index contributed by atoms with van der Waals surface area (Å²) in [6, 6.07) is 20.6. The fourth-order valence-corrected chi connectivity index (χ4v) is 6.19. The number of nitrogens with one attached hydrogen (secondary N) is 5.